The molecule has 7 aromatic rings. The molecule has 0 aliphatic heterocycles. The fraction of sp³-hybridized carbons (Fsp3) is 0.0833. The third kappa shape index (κ3) is 5.59. The van der Waals surface area contributed by atoms with Crippen molar-refractivity contribution in [1.82, 2.24) is 4.57 Å². The Balaban J connectivity index is 1.11. The molecular formula is C48H38N2. The van der Waals surface area contributed by atoms with Crippen molar-refractivity contribution in [3.05, 3.63) is 199 Å². The lowest BCUT2D eigenvalue weighted by Crippen LogP contribution is -2.10. The van der Waals surface area contributed by atoms with Crippen molar-refractivity contribution in [3.63, 3.8) is 0 Å². The first-order valence-electron chi connectivity index (χ1n) is 17.7. The zero-order valence-electron chi connectivity index (χ0n) is 28.0. The highest BCUT2D eigenvalue weighted by Gasteiger charge is 2.18. The van der Waals surface area contributed by atoms with Crippen LogP contribution in [0.15, 0.2) is 182 Å². The highest BCUT2D eigenvalue weighted by atomic mass is 15.1. The molecule has 0 amide bonds. The lowest BCUT2D eigenvalue weighted by molar-refractivity contribution is 1.05. The molecule has 0 spiro atoms. The minimum Gasteiger partial charge on any atom is -0.310 e. The van der Waals surface area contributed by atoms with E-state index in [-0.39, 0.29) is 0 Å². The van der Waals surface area contributed by atoms with E-state index in [1.807, 2.05) is 0 Å². The Hall–Kier alpha value is -6.12. The van der Waals surface area contributed by atoms with E-state index < -0.39 is 0 Å². The number of hydrogen-bond donors (Lipinski definition) is 0. The molecule has 0 radical (unpaired) electrons. The zero-order chi connectivity index (χ0) is 33.3. The van der Waals surface area contributed by atoms with E-state index in [0.29, 0.717) is 0 Å². The molecule has 6 aromatic carbocycles. The molecule has 0 saturated carbocycles. The average Bonchev–Trinajstić information content (AvgIpc) is 3.53. The molecule has 2 heteroatoms. The first kappa shape index (κ1) is 30.0. The van der Waals surface area contributed by atoms with Crippen molar-refractivity contribution in [3.8, 4) is 5.69 Å². The predicted octanol–water partition coefficient (Wildman–Crippen LogP) is 13.2. The number of anilines is 3. The smallest absolute Gasteiger partial charge is 0.0561 e. The number of aromatic nitrogens is 1. The van der Waals surface area contributed by atoms with E-state index in [2.05, 4.69) is 192 Å². The van der Waals surface area contributed by atoms with Gasteiger partial charge in [0.1, 0.15) is 0 Å². The van der Waals surface area contributed by atoms with Crippen LogP contribution in [0.2, 0.25) is 0 Å². The van der Waals surface area contributed by atoms with Gasteiger partial charge in [0.2, 0.25) is 0 Å². The summed E-state index contributed by atoms with van der Waals surface area (Å²) < 4.78 is 2.42. The van der Waals surface area contributed by atoms with Crippen LogP contribution in [0.25, 0.3) is 44.2 Å². The fourth-order valence-corrected chi connectivity index (χ4v) is 7.66. The molecule has 9 rings (SSSR count). The molecular weight excluding hydrogens is 605 g/mol. The second-order valence-corrected chi connectivity index (χ2v) is 13.2. The van der Waals surface area contributed by atoms with Crippen LogP contribution in [-0.4, -0.2) is 4.57 Å². The summed E-state index contributed by atoms with van der Waals surface area (Å²) in [7, 11) is 0. The monoisotopic (exact) mass is 642 g/mol. The standard InChI is InChI=1S/C48H38N2/c1-4-12-35(13-5-1)37-20-22-38(23-21-37)40-24-28-42(29-25-40)49(41-16-8-3-9-17-41)44-32-33-46-45-18-10-11-19-47(45)50(48(46)34-44)43-30-26-39(27-31-43)36-14-6-2-7-15-36/h1-6,8-14,16-20,22,24-34H,7,15,21,23H2. The van der Waals surface area contributed by atoms with E-state index in [1.54, 1.807) is 0 Å². The Morgan fingerprint density at radius 2 is 0.980 bits per heavy atom. The number of hydrogen-bond acceptors (Lipinski definition) is 1. The van der Waals surface area contributed by atoms with Crippen LogP contribution < -0.4 is 4.90 Å². The summed E-state index contributed by atoms with van der Waals surface area (Å²) >= 11 is 0. The van der Waals surface area contributed by atoms with Crippen molar-refractivity contribution in [2.24, 2.45) is 0 Å². The maximum absolute atomic E-state index is 2.42. The van der Waals surface area contributed by atoms with Gasteiger partial charge < -0.3 is 9.47 Å². The lowest BCUT2D eigenvalue weighted by Gasteiger charge is -2.26. The van der Waals surface area contributed by atoms with Crippen molar-refractivity contribution in [1.29, 1.82) is 0 Å². The Morgan fingerprint density at radius 1 is 0.420 bits per heavy atom. The Labute approximate surface area is 294 Å². The number of allylic oxidation sites excluding steroid dienone is 8. The first-order valence-corrected chi connectivity index (χ1v) is 17.7. The number of fused-ring (bicyclic) bond motifs is 3. The molecule has 2 aliphatic carbocycles. The molecule has 1 heterocycles. The van der Waals surface area contributed by atoms with Crippen LogP contribution in [0.5, 0.6) is 0 Å². The largest absolute Gasteiger partial charge is 0.310 e. The quantitative estimate of drug-likeness (QED) is 0.168. The van der Waals surface area contributed by atoms with Crippen molar-refractivity contribution < 1.29 is 0 Å². The molecule has 1 aromatic heterocycles. The van der Waals surface area contributed by atoms with Crippen LogP contribution in [0.1, 0.15) is 42.4 Å². The SMILES string of the molecule is C1=CCCC(c2ccc(-n3c4ccccc4c4ccc(N(c5ccccc5)c5ccc(C6=CC=C(c7ccccc7)CC6)cc5)cc43)cc2)=C1. The van der Waals surface area contributed by atoms with Crippen molar-refractivity contribution in [2.75, 3.05) is 4.90 Å². The van der Waals surface area contributed by atoms with Crippen molar-refractivity contribution in [2.45, 2.75) is 25.7 Å². The van der Waals surface area contributed by atoms with Gasteiger partial charge in [0.25, 0.3) is 0 Å². The molecule has 2 nitrogen and oxygen atoms in total. The summed E-state index contributed by atoms with van der Waals surface area (Å²) in [6, 6.07) is 55.4. The maximum Gasteiger partial charge on any atom is 0.0561 e. The van der Waals surface area contributed by atoms with E-state index >= 15 is 0 Å². The molecule has 0 atom stereocenters. The third-order valence-corrected chi connectivity index (χ3v) is 10.2. The summed E-state index contributed by atoms with van der Waals surface area (Å²) in [5.74, 6) is 0. The Kier molecular flexibility index (Phi) is 7.83. The summed E-state index contributed by atoms with van der Waals surface area (Å²) in [5, 5.41) is 2.52. The van der Waals surface area contributed by atoms with Crippen LogP contribution in [0, 0.1) is 0 Å². The molecule has 0 bridgehead atoms. The van der Waals surface area contributed by atoms with E-state index in [0.717, 1.165) is 42.7 Å². The third-order valence-electron chi connectivity index (χ3n) is 10.2. The van der Waals surface area contributed by atoms with E-state index in [1.165, 1.54) is 60.9 Å². The second-order valence-electron chi connectivity index (χ2n) is 13.2. The van der Waals surface area contributed by atoms with Gasteiger partial charge in [-0.15, -0.1) is 0 Å². The highest BCUT2D eigenvalue weighted by molar-refractivity contribution is 6.10. The molecule has 2 aliphatic rings. The first-order chi connectivity index (χ1) is 24.8. The van der Waals surface area contributed by atoms with E-state index in [4.69, 9.17) is 0 Å². The molecule has 0 N–H and O–H groups in total. The van der Waals surface area contributed by atoms with Gasteiger partial charge in [0, 0.05) is 33.5 Å². The van der Waals surface area contributed by atoms with Gasteiger partial charge in [-0.1, -0.05) is 127 Å². The summed E-state index contributed by atoms with van der Waals surface area (Å²) in [6.45, 7) is 0. The summed E-state index contributed by atoms with van der Waals surface area (Å²) in [4.78, 5) is 2.38. The van der Waals surface area contributed by atoms with Gasteiger partial charge in [-0.05, 0) is 114 Å². The zero-order valence-corrected chi connectivity index (χ0v) is 28.0. The van der Waals surface area contributed by atoms with E-state index in [9.17, 15) is 0 Å². The Bertz CT molecular complexity index is 2440. The van der Waals surface area contributed by atoms with Crippen LogP contribution in [0.3, 0.4) is 0 Å². The van der Waals surface area contributed by atoms with Gasteiger partial charge in [-0.25, -0.2) is 0 Å². The van der Waals surface area contributed by atoms with Gasteiger partial charge in [-0.2, -0.15) is 0 Å². The van der Waals surface area contributed by atoms with Gasteiger partial charge in [-0.3, -0.25) is 0 Å². The van der Waals surface area contributed by atoms with Crippen molar-refractivity contribution >= 4 is 55.6 Å². The van der Waals surface area contributed by atoms with Gasteiger partial charge in [0.05, 0.1) is 11.0 Å². The normalized spacial score (nSPS) is 14.4. The highest BCUT2D eigenvalue weighted by Crippen LogP contribution is 2.40. The summed E-state index contributed by atoms with van der Waals surface area (Å²) in [6.07, 6.45) is 15.6. The number of benzene rings is 6. The average molecular weight is 643 g/mol. The number of para-hydroxylation sites is 2. The Morgan fingerprint density at radius 3 is 1.66 bits per heavy atom. The lowest BCUT2D eigenvalue weighted by atomic mass is 9.90. The molecule has 240 valence electrons. The predicted molar refractivity (Wildman–Crippen MR) is 213 cm³/mol. The minimum atomic E-state index is 1.04. The number of nitrogens with zero attached hydrogens (tertiary/aromatic N) is 2. The van der Waals surface area contributed by atoms with Gasteiger partial charge in [0.15, 0.2) is 0 Å². The molecule has 50 heavy (non-hydrogen) atoms. The molecule has 0 unspecified atom stereocenters. The van der Waals surface area contributed by atoms with Crippen LogP contribution in [-0.2, 0) is 0 Å². The van der Waals surface area contributed by atoms with Gasteiger partial charge >= 0.3 is 0 Å². The summed E-state index contributed by atoms with van der Waals surface area (Å²) in [5.41, 5.74) is 15.1. The number of rotatable bonds is 7. The maximum atomic E-state index is 2.42. The molecule has 0 fully saturated rings. The fourth-order valence-electron chi connectivity index (χ4n) is 7.66. The second kappa shape index (κ2) is 13.1. The van der Waals surface area contributed by atoms with Crippen LogP contribution >= 0.6 is 0 Å². The van der Waals surface area contributed by atoms with Crippen LogP contribution in [0.4, 0.5) is 17.1 Å². The topological polar surface area (TPSA) is 8.17 Å². The minimum absolute atomic E-state index is 1.04. The molecule has 0 saturated heterocycles.